The molecule has 1 fully saturated rings. The lowest BCUT2D eigenvalue weighted by molar-refractivity contribution is -0.142. The van der Waals surface area contributed by atoms with Gasteiger partial charge in [0.2, 0.25) is 0 Å². The highest BCUT2D eigenvalue weighted by Crippen LogP contribution is 2.34. The van der Waals surface area contributed by atoms with E-state index in [9.17, 15) is 10.1 Å². The Kier molecular flexibility index (Phi) is 5.95. The largest absolute Gasteiger partial charge is 0.382 e. The Bertz CT molecular complexity index is 278. The van der Waals surface area contributed by atoms with E-state index in [4.69, 9.17) is 9.57 Å². The molecule has 96 valence electrons. The summed E-state index contributed by atoms with van der Waals surface area (Å²) in [6.45, 7) is 0.712. The molecule has 0 aromatic rings. The maximum absolute atomic E-state index is 12.0. The highest BCUT2D eigenvalue weighted by atomic mass is 16.7. The first-order valence-corrected chi connectivity index (χ1v) is 6.07. The van der Waals surface area contributed by atoms with Gasteiger partial charge in [0, 0.05) is 7.11 Å². The molecule has 0 aromatic carbocycles. The fourth-order valence-electron chi connectivity index (χ4n) is 2.06. The molecular weight excluding hydrogens is 220 g/mol. The van der Waals surface area contributed by atoms with Crippen molar-refractivity contribution in [2.24, 2.45) is 5.41 Å². The summed E-state index contributed by atoms with van der Waals surface area (Å²) in [5.41, 5.74) is 1.47. The van der Waals surface area contributed by atoms with Gasteiger partial charge in [0.1, 0.15) is 5.41 Å². The number of nitrogens with one attached hydrogen (secondary N) is 1. The summed E-state index contributed by atoms with van der Waals surface area (Å²) in [6, 6.07) is 2.17. The van der Waals surface area contributed by atoms with Gasteiger partial charge in [0.25, 0.3) is 5.91 Å². The molecule has 5 nitrogen and oxygen atoms in total. The lowest BCUT2D eigenvalue weighted by atomic mass is 9.81. The summed E-state index contributed by atoms with van der Waals surface area (Å²) >= 11 is 0. The number of carbonyl (C=O) groups is 1. The van der Waals surface area contributed by atoms with Gasteiger partial charge in [-0.1, -0.05) is 25.7 Å². The van der Waals surface area contributed by atoms with E-state index in [1.54, 1.807) is 7.11 Å². The minimum atomic E-state index is -0.899. The van der Waals surface area contributed by atoms with Gasteiger partial charge < -0.3 is 4.74 Å². The van der Waals surface area contributed by atoms with Gasteiger partial charge in [-0.05, 0) is 12.8 Å². The van der Waals surface area contributed by atoms with E-state index in [1.165, 1.54) is 0 Å². The first kappa shape index (κ1) is 13.9. The molecule has 17 heavy (non-hydrogen) atoms. The molecule has 0 bridgehead atoms. The van der Waals surface area contributed by atoms with Gasteiger partial charge in [-0.25, -0.2) is 5.48 Å². The summed E-state index contributed by atoms with van der Waals surface area (Å²) in [4.78, 5) is 16.9. The maximum atomic E-state index is 12.0. The molecule has 0 heterocycles. The molecule has 1 aliphatic rings. The van der Waals surface area contributed by atoms with E-state index in [1.807, 2.05) is 0 Å². The average molecular weight is 240 g/mol. The van der Waals surface area contributed by atoms with Crippen molar-refractivity contribution in [3.05, 3.63) is 0 Å². The third-order valence-electron chi connectivity index (χ3n) is 3.16. The van der Waals surface area contributed by atoms with Crippen molar-refractivity contribution in [1.29, 1.82) is 5.26 Å². The number of nitrogens with zero attached hydrogens (tertiary/aromatic N) is 1. The lowest BCUT2D eigenvalue weighted by Gasteiger charge is -2.22. The molecular formula is C12H20N2O3. The van der Waals surface area contributed by atoms with Crippen LogP contribution in [0.1, 0.15) is 38.5 Å². The molecule has 0 radical (unpaired) electrons. The van der Waals surface area contributed by atoms with Crippen LogP contribution in [-0.4, -0.2) is 26.2 Å². The summed E-state index contributed by atoms with van der Waals surface area (Å²) in [6.07, 6.45) is 5.31. The van der Waals surface area contributed by atoms with Crippen molar-refractivity contribution in [3.8, 4) is 6.07 Å². The van der Waals surface area contributed by atoms with Crippen LogP contribution >= 0.6 is 0 Å². The second-order valence-electron chi connectivity index (χ2n) is 4.38. The molecule has 1 aliphatic carbocycles. The molecule has 1 N–H and O–H groups in total. The van der Waals surface area contributed by atoms with Crippen LogP contribution in [0.3, 0.4) is 0 Å². The average Bonchev–Trinajstić information content (AvgIpc) is 2.60. The van der Waals surface area contributed by atoms with Gasteiger partial charge in [0.05, 0.1) is 19.3 Å². The predicted octanol–water partition coefficient (Wildman–Crippen LogP) is 1.54. The van der Waals surface area contributed by atoms with Crippen molar-refractivity contribution in [3.63, 3.8) is 0 Å². The Morgan fingerprint density at radius 1 is 1.29 bits per heavy atom. The second-order valence-corrected chi connectivity index (χ2v) is 4.38. The van der Waals surface area contributed by atoms with Crippen LogP contribution in [0.2, 0.25) is 0 Å². The number of nitriles is 1. The molecule has 1 rings (SSSR count). The van der Waals surface area contributed by atoms with Crippen LogP contribution in [0.25, 0.3) is 0 Å². The van der Waals surface area contributed by atoms with Crippen molar-refractivity contribution < 1.29 is 14.4 Å². The fourth-order valence-corrected chi connectivity index (χ4v) is 2.06. The minimum absolute atomic E-state index is 0.295. The molecule has 0 aromatic heterocycles. The zero-order valence-corrected chi connectivity index (χ0v) is 10.3. The number of carbonyl (C=O) groups excluding carboxylic acids is 1. The van der Waals surface area contributed by atoms with Crippen molar-refractivity contribution in [2.75, 3.05) is 20.3 Å². The number of hydrogen-bond donors (Lipinski definition) is 1. The molecule has 0 saturated heterocycles. The van der Waals surface area contributed by atoms with Crippen LogP contribution in [0.4, 0.5) is 0 Å². The number of amides is 1. The van der Waals surface area contributed by atoms with Crippen molar-refractivity contribution in [2.45, 2.75) is 38.5 Å². The Hall–Kier alpha value is -1.12. The number of methoxy groups -OCH3 is 1. The van der Waals surface area contributed by atoms with Crippen LogP contribution in [-0.2, 0) is 14.4 Å². The monoisotopic (exact) mass is 240 g/mol. The lowest BCUT2D eigenvalue weighted by Crippen LogP contribution is -2.40. The molecule has 0 atom stereocenters. The van der Waals surface area contributed by atoms with Gasteiger partial charge >= 0.3 is 0 Å². The van der Waals surface area contributed by atoms with E-state index in [0.717, 1.165) is 25.7 Å². The van der Waals surface area contributed by atoms with Crippen LogP contribution in [0, 0.1) is 16.7 Å². The van der Waals surface area contributed by atoms with Gasteiger partial charge in [-0.15, -0.1) is 0 Å². The molecule has 0 aliphatic heterocycles. The Labute approximate surface area is 102 Å². The highest BCUT2D eigenvalue weighted by Gasteiger charge is 2.39. The summed E-state index contributed by atoms with van der Waals surface area (Å²) in [7, 11) is 1.56. The molecule has 5 heteroatoms. The van der Waals surface area contributed by atoms with E-state index in [-0.39, 0.29) is 5.91 Å². The number of hydrogen-bond acceptors (Lipinski definition) is 4. The molecule has 0 spiro atoms. The second kappa shape index (κ2) is 7.25. The Balaban J connectivity index is 2.47. The zero-order valence-electron chi connectivity index (χ0n) is 10.3. The molecule has 1 saturated carbocycles. The summed E-state index contributed by atoms with van der Waals surface area (Å²) < 4.78 is 4.80. The third-order valence-corrected chi connectivity index (χ3v) is 3.16. The fraction of sp³-hybridized carbons (Fsp3) is 0.833. The number of ether oxygens (including phenoxy) is 1. The van der Waals surface area contributed by atoms with Crippen molar-refractivity contribution >= 4 is 5.91 Å². The highest BCUT2D eigenvalue weighted by molar-refractivity contribution is 5.84. The zero-order chi connectivity index (χ0) is 12.6. The summed E-state index contributed by atoms with van der Waals surface area (Å²) in [5, 5.41) is 9.25. The summed E-state index contributed by atoms with van der Waals surface area (Å²) in [5.74, 6) is -0.307. The van der Waals surface area contributed by atoms with Crippen LogP contribution in [0.15, 0.2) is 0 Å². The van der Waals surface area contributed by atoms with Crippen LogP contribution < -0.4 is 5.48 Å². The van der Waals surface area contributed by atoms with E-state index in [0.29, 0.717) is 26.1 Å². The SMILES string of the molecule is COCCONC(=O)C1(C#N)CCCCCC1. The third kappa shape index (κ3) is 3.99. The van der Waals surface area contributed by atoms with E-state index in [2.05, 4.69) is 11.5 Å². The normalized spacial score (nSPS) is 19.1. The predicted molar refractivity (Wildman–Crippen MR) is 61.7 cm³/mol. The maximum Gasteiger partial charge on any atom is 0.263 e. The first-order valence-electron chi connectivity index (χ1n) is 6.07. The smallest absolute Gasteiger partial charge is 0.263 e. The van der Waals surface area contributed by atoms with E-state index >= 15 is 0 Å². The first-order chi connectivity index (χ1) is 8.25. The standard InChI is InChI=1S/C12H20N2O3/c1-16-8-9-17-14-11(15)12(10-13)6-4-2-3-5-7-12/h2-9H2,1H3,(H,14,15). The molecule has 0 unspecified atom stereocenters. The topological polar surface area (TPSA) is 71.3 Å². The Morgan fingerprint density at radius 3 is 2.47 bits per heavy atom. The van der Waals surface area contributed by atoms with Crippen LogP contribution in [0.5, 0.6) is 0 Å². The van der Waals surface area contributed by atoms with Gasteiger partial charge in [0.15, 0.2) is 0 Å². The quantitative estimate of drug-likeness (QED) is 0.449. The number of hydroxylamine groups is 1. The van der Waals surface area contributed by atoms with Crippen molar-refractivity contribution in [1.82, 2.24) is 5.48 Å². The van der Waals surface area contributed by atoms with E-state index < -0.39 is 5.41 Å². The molecule has 1 amide bonds. The Morgan fingerprint density at radius 2 is 1.94 bits per heavy atom. The number of rotatable bonds is 5. The van der Waals surface area contributed by atoms with Gasteiger partial charge in [-0.3, -0.25) is 9.63 Å². The van der Waals surface area contributed by atoms with Gasteiger partial charge in [-0.2, -0.15) is 5.26 Å². The minimum Gasteiger partial charge on any atom is -0.382 e.